The monoisotopic (exact) mass is 873 g/mol. The Kier molecular flexibility index (Phi) is 21.6. The number of aromatic nitrogens is 3. The van der Waals surface area contributed by atoms with Gasteiger partial charge in [0.1, 0.15) is 30.4 Å². The van der Waals surface area contributed by atoms with Gasteiger partial charge in [-0.3, -0.25) is 5.04 Å². The standard InChI is InChI=1S/C23H17N5O15S5.5Na/c29-42-43-44-15-7-11-5-13(1-3-17(11)19(9-15)46(33,34)35)24-21-26-22(28-23(27-21)48(39,40)41)25-14-2-4-18-12(6-14)8-16(45(30,31)32)10-20(18)47(36,37)38;;;;;/h1-10,29H,(H,30,31,32)(H,33,34,35)(H,36,37,38)(H,39,40,41)(H2,24,25,26,27,28);;;;;/q;5*+1/p-5. The molecule has 4 aromatic carbocycles. The second kappa shape index (κ2) is 21.2. The van der Waals surface area contributed by atoms with E-state index in [0.717, 1.165) is 30.3 Å². The van der Waals surface area contributed by atoms with Gasteiger partial charge in [0, 0.05) is 16.3 Å². The fourth-order valence-electron chi connectivity index (χ4n) is 4.27. The van der Waals surface area contributed by atoms with Gasteiger partial charge in [-0.1, -0.05) is 12.1 Å². The van der Waals surface area contributed by atoms with Crippen LogP contribution in [0.3, 0.4) is 0 Å². The van der Waals surface area contributed by atoms with Crippen molar-refractivity contribution in [1.82, 2.24) is 15.0 Å². The topological polar surface area (TPSA) is 333 Å². The van der Waals surface area contributed by atoms with E-state index in [4.69, 9.17) is 0 Å². The van der Waals surface area contributed by atoms with Gasteiger partial charge in [-0.2, -0.15) is 19.3 Å². The predicted molar refractivity (Wildman–Crippen MR) is 154 cm³/mol. The van der Waals surface area contributed by atoms with Crippen LogP contribution in [0, 0.1) is 0 Å². The third-order valence-electron chi connectivity index (χ3n) is 6.11. The number of hydrogen-bond donors (Lipinski definition) is 2. The van der Waals surface area contributed by atoms with Crippen molar-refractivity contribution in [2.24, 2.45) is 0 Å². The molecule has 20 nitrogen and oxygen atoms in total. The Bertz CT molecular complexity index is 2590. The SMILES string of the molecule is O=S(=O)([O-])c1cc(S(=O)(=O)[O-])c2ccc(Nc3nc(Nc4ccc5c(S(=O)(=O)[O-])cc(SOO[O-])cc5c4)nc(S(=O)(=O)[O-])n3)cc2c1.[Na+].[Na+].[Na+].[Na+].[Na+]. The smallest absolute Gasteiger partial charge is 0.744 e. The quantitative estimate of drug-likeness (QED) is 0.0409. The maximum atomic E-state index is 11.8. The van der Waals surface area contributed by atoms with Crippen LogP contribution in [0.4, 0.5) is 23.3 Å². The minimum atomic E-state index is -5.33. The van der Waals surface area contributed by atoms with Gasteiger partial charge in [0.25, 0.3) is 0 Å². The van der Waals surface area contributed by atoms with Crippen LogP contribution in [0.5, 0.6) is 0 Å². The summed E-state index contributed by atoms with van der Waals surface area (Å²) in [6.07, 6.45) is 0. The van der Waals surface area contributed by atoms with Crippen LogP contribution < -0.4 is 164 Å². The summed E-state index contributed by atoms with van der Waals surface area (Å²) < 4.78 is 145. The molecule has 0 fully saturated rings. The normalized spacial score (nSPS) is 11.6. The molecule has 0 atom stereocenters. The van der Waals surface area contributed by atoms with Gasteiger partial charge in [0.15, 0.2) is 10.1 Å². The largest absolute Gasteiger partial charge is 1.00 e. The molecule has 53 heavy (non-hydrogen) atoms. The Morgan fingerprint density at radius 3 is 1.42 bits per heavy atom. The van der Waals surface area contributed by atoms with E-state index in [-0.39, 0.29) is 186 Å². The molecule has 30 heteroatoms. The van der Waals surface area contributed by atoms with Crippen LogP contribution >= 0.6 is 12.0 Å². The van der Waals surface area contributed by atoms with E-state index in [0.29, 0.717) is 18.1 Å². The van der Waals surface area contributed by atoms with E-state index in [1.807, 2.05) is 0 Å². The summed E-state index contributed by atoms with van der Waals surface area (Å²) in [5.41, 5.74) is -0.0235. The van der Waals surface area contributed by atoms with Crippen molar-refractivity contribution in [3.8, 4) is 0 Å². The van der Waals surface area contributed by atoms with Gasteiger partial charge >= 0.3 is 148 Å². The summed E-state index contributed by atoms with van der Waals surface area (Å²) >= 11 is 0.296. The first-order chi connectivity index (χ1) is 22.2. The molecule has 0 unspecified atom stereocenters. The molecule has 5 rings (SSSR count). The predicted octanol–water partition coefficient (Wildman–Crippen LogP) is -14.5. The second-order valence-electron chi connectivity index (χ2n) is 9.27. The number of rotatable bonds is 11. The number of anilines is 4. The van der Waals surface area contributed by atoms with Crippen LogP contribution in [0.1, 0.15) is 0 Å². The van der Waals surface area contributed by atoms with E-state index < -0.39 is 72.2 Å². The molecule has 1 aromatic heterocycles. The molecule has 0 spiro atoms. The first kappa shape index (κ1) is 53.9. The number of nitrogens with zero attached hydrogens (tertiary/aromatic N) is 3. The summed E-state index contributed by atoms with van der Waals surface area (Å²) in [7, 11) is -20.8. The molecule has 0 aliphatic heterocycles. The van der Waals surface area contributed by atoms with Gasteiger partial charge < -0.3 is 34.1 Å². The van der Waals surface area contributed by atoms with Gasteiger partial charge in [0.05, 0.1) is 26.7 Å². The van der Waals surface area contributed by atoms with Crippen LogP contribution in [0.2, 0.25) is 0 Å². The Hall–Kier alpha value is 0.880. The minimum absolute atomic E-state index is 0. The molecule has 0 aliphatic rings. The van der Waals surface area contributed by atoms with Crippen LogP contribution in [-0.2, 0) is 49.8 Å². The van der Waals surface area contributed by atoms with E-state index in [1.54, 1.807) is 0 Å². The van der Waals surface area contributed by atoms with Crippen LogP contribution in [0.25, 0.3) is 21.5 Å². The van der Waals surface area contributed by atoms with Crippen LogP contribution in [-0.4, -0.2) is 66.8 Å². The zero-order valence-corrected chi connectivity index (χ0v) is 41.9. The molecule has 0 bridgehead atoms. The number of nitrogens with one attached hydrogen (secondary N) is 2. The Morgan fingerprint density at radius 2 is 1.00 bits per heavy atom. The second-order valence-corrected chi connectivity index (χ2v) is 15.4. The number of benzene rings is 4. The van der Waals surface area contributed by atoms with Crippen molar-refractivity contribution in [1.29, 1.82) is 0 Å². The zero-order chi connectivity index (χ0) is 35.2. The summed E-state index contributed by atoms with van der Waals surface area (Å²) in [6.45, 7) is 0. The fraction of sp³-hybridized carbons (Fsp3) is 0. The minimum Gasteiger partial charge on any atom is -0.744 e. The van der Waals surface area contributed by atoms with Crippen molar-refractivity contribution in [3.63, 3.8) is 0 Å². The van der Waals surface area contributed by atoms with Gasteiger partial charge in [0.2, 0.25) is 17.1 Å². The van der Waals surface area contributed by atoms with Crippen molar-refractivity contribution < 1.29 is 214 Å². The molecule has 1 heterocycles. The molecule has 254 valence electrons. The number of hydrogen-bond acceptors (Lipinski definition) is 21. The van der Waals surface area contributed by atoms with Crippen molar-refractivity contribution >= 4 is 97.3 Å². The summed E-state index contributed by atoms with van der Waals surface area (Å²) in [5, 5.41) is 16.8. The average Bonchev–Trinajstić information content (AvgIpc) is 2.96. The van der Waals surface area contributed by atoms with Gasteiger partial charge in [-0.15, -0.1) is 0 Å². The van der Waals surface area contributed by atoms with Crippen LogP contribution in [0.15, 0.2) is 85.4 Å². The molecule has 2 N–H and O–H groups in total. The Balaban J connectivity index is 0.00000541. The summed E-state index contributed by atoms with van der Waals surface area (Å²) in [4.78, 5) is 8.34. The molecule has 0 saturated carbocycles. The third-order valence-corrected chi connectivity index (χ3v) is 9.86. The molecule has 0 saturated heterocycles. The summed E-state index contributed by atoms with van der Waals surface area (Å²) in [5.74, 6) is -1.16. The van der Waals surface area contributed by atoms with Gasteiger partial charge in [-0.25, -0.2) is 33.7 Å². The first-order valence-corrected chi connectivity index (χ1v) is 18.5. The zero-order valence-electron chi connectivity index (χ0n) is 27.8. The average molecular weight is 874 g/mol. The molecule has 5 aromatic rings. The molecule has 0 radical (unpaired) electrons. The van der Waals surface area contributed by atoms with E-state index in [1.165, 1.54) is 24.3 Å². The Morgan fingerprint density at radius 1 is 0.547 bits per heavy atom. The van der Waals surface area contributed by atoms with Crippen molar-refractivity contribution in [2.75, 3.05) is 10.6 Å². The fourth-order valence-corrected chi connectivity index (χ4v) is 7.25. The molecular weight excluding hydrogens is 862 g/mol. The third kappa shape index (κ3) is 14.0. The molecular formula is C23H12N5Na5O15S5. The first-order valence-electron chi connectivity index (χ1n) is 12.1. The molecule has 0 aliphatic carbocycles. The van der Waals surface area contributed by atoms with E-state index >= 15 is 0 Å². The maximum Gasteiger partial charge on any atom is 1.00 e. The summed E-state index contributed by atoms with van der Waals surface area (Å²) in [6, 6.07) is 10.5. The van der Waals surface area contributed by atoms with Gasteiger partial charge in [-0.05, 0) is 70.1 Å². The van der Waals surface area contributed by atoms with Crippen molar-refractivity contribution in [2.45, 2.75) is 24.7 Å². The molecule has 0 amide bonds. The van der Waals surface area contributed by atoms with E-state index in [9.17, 15) is 57.1 Å². The van der Waals surface area contributed by atoms with E-state index in [2.05, 4.69) is 35.0 Å². The van der Waals surface area contributed by atoms with Crippen molar-refractivity contribution in [3.05, 3.63) is 60.7 Å². The Labute approximate surface area is 415 Å². The maximum absolute atomic E-state index is 11.8. The number of fused-ring (bicyclic) bond motifs is 2.